The van der Waals surface area contributed by atoms with Gasteiger partial charge in [-0.25, -0.2) is 0 Å². The van der Waals surface area contributed by atoms with Crippen LogP contribution in [-0.2, 0) is 0 Å². The van der Waals surface area contributed by atoms with Crippen LogP contribution < -0.4 is 5.32 Å². The fourth-order valence-corrected chi connectivity index (χ4v) is 3.44. The number of rotatable bonds is 7. The Morgan fingerprint density at radius 3 is 2.32 bits per heavy atom. The third kappa shape index (κ3) is 5.80. The first-order valence-corrected chi connectivity index (χ1v) is 7.89. The molecule has 0 amide bonds. The van der Waals surface area contributed by atoms with Crippen molar-refractivity contribution >= 4 is 0 Å². The Morgan fingerprint density at radius 1 is 1.32 bits per heavy atom. The predicted octanol–water partition coefficient (Wildman–Crippen LogP) is 2.50. The molecule has 114 valence electrons. The molecule has 0 aromatic carbocycles. The highest BCUT2D eigenvalue weighted by Gasteiger charge is 2.35. The number of hydrogen-bond acceptors (Lipinski definition) is 3. The highest BCUT2D eigenvalue weighted by Crippen LogP contribution is 2.39. The zero-order valence-corrected chi connectivity index (χ0v) is 13.6. The molecule has 0 saturated heterocycles. The van der Waals surface area contributed by atoms with Gasteiger partial charge in [0.15, 0.2) is 0 Å². The van der Waals surface area contributed by atoms with Gasteiger partial charge in [0.1, 0.15) is 0 Å². The van der Waals surface area contributed by atoms with Crippen molar-refractivity contribution in [3.63, 3.8) is 0 Å². The predicted molar refractivity (Wildman–Crippen MR) is 82.4 cm³/mol. The van der Waals surface area contributed by atoms with Crippen molar-refractivity contribution in [3.05, 3.63) is 0 Å². The maximum Gasteiger partial charge on any atom is 0.0718 e. The van der Waals surface area contributed by atoms with Crippen molar-refractivity contribution in [3.8, 4) is 0 Å². The van der Waals surface area contributed by atoms with Crippen molar-refractivity contribution in [1.29, 1.82) is 0 Å². The number of likely N-dealkylation sites (N-methyl/N-ethyl adjacent to an activating group) is 1. The van der Waals surface area contributed by atoms with Gasteiger partial charge < -0.3 is 15.3 Å². The molecule has 1 aliphatic rings. The topological polar surface area (TPSA) is 35.5 Å². The average Bonchev–Trinajstić information content (AvgIpc) is 2.31. The average molecular weight is 270 g/mol. The van der Waals surface area contributed by atoms with Gasteiger partial charge in [0, 0.05) is 19.6 Å². The van der Waals surface area contributed by atoms with E-state index in [2.05, 4.69) is 31.1 Å². The van der Waals surface area contributed by atoms with Crippen LogP contribution in [-0.4, -0.2) is 48.8 Å². The summed E-state index contributed by atoms with van der Waals surface area (Å²) in [6, 6.07) is 0. The van der Waals surface area contributed by atoms with Crippen molar-refractivity contribution < 1.29 is 5.11 Å². The first-order valence-electron chi connectivity index (χ1n) is 7.89. The van der Waals surface area contributed by atoms with E-state index in [1.165, 1.54) is 25.7 Å². The zero-order valence-electron chi connectivity index (χ0n) is 13.6. The fraction of sp³-hybridized carbons (Fsp3) is 1.00. The second-order valence-corrected chi connectivity index (χ2v) is 7.33. The Kier molecular flexibility index (Phi) is 6.28. The SMILES string of the molecule is CCN(CC(C)(C)O)CC1(CNC)CCC(C)CC1. The first kappa shape index (κ1) is 16.9. The Balaban J connectivity index is 2.65. The summed E-state index contributed by atoms with van der Waals surface area (Å²) >= 11 is 0. The molecule has 3 nitrogen and oxygen atoms in total. The normalized spacial score (nSPS) is 28.9. The monoisotopic (exact) mass is 270 g/mol. The molecule has 19 heavy (non-hydrogen) atoms. The van der Waals surface area contributed by atoms with Crippen LogP contribution in [0.25, 0.3) is 0 Å². The smallest absolute Gasteiger partial charge is 0.0718 e. The van der Waals surface area contributed by atoms with Crippen molar-refractivity contribution in [1.82, 2.24) is 10.2 Å². The van der Waals surface area contributed by atoms with E-state index in [4.69, 9.17) is 0 Å². The lowest BCUT2D eigenvalue weighted by Gasteiger charge is -2.43. The van der Waals surface area contributed by atoms with Crippen LogP contribution in [0.3, 0.4) is 0 Å². The molecule has 0 atom stereocenters. The van der Waals surface area contributed by atoms with Crippen molar-refractivity contribution in [2.24, 2.45) is 11.3 Å². The summed E-state index contributed by atoms with van der Waals surface area (Å²) in [6.45, 7) is 12.4. The third-order valence-corrected chi connectivity index (χ3v) is 4.50. The van der Waals surface area contributed by atoms with Gasteiger partial charge in [-0.3, -0.25) is 0 Å². The lowest BCUT2D eigenvalue weighted by Crippen LogP contribution is -2.49. The molecule has 0 heterocycles. The highest BCUT2D eigenvalue weighted by atomic mass is 16.3. The van der Waals surface area contributed by atoms with Crippen LogP contribution in [0.5, 0.6) is 0 Å². The number of nitrogens with zero attached hydrogens (tertiary/aromatic N) is 1. The van der Waals surface area contributed by atoms with E-state index in [9.17, 15) is 5.11 Å². The Bertz CT molecular complexity index is 252. The molecule has 0 bridgehead atoms. The number of nitrogens with one attached hydrogen (secondary N) is 1. The molecular weight excluding hydrogens is 236 g/mol. The van der Waals surface area contributed by atoms with Gasteiger partial charge in [-0.05, 0) is 51.6 Å². The third-order valence-electron chi connectivity index (χ3n) is 4.50. The summed E-state index contributed by atoms with van der Waals surface area (Å²) in [4.78, 5) is 2.42. The second-order valence-electron chi connectivity index (χ2n) is 7.33. The van der Waals surface area contributed by atoms with E-state index < -0.39 is 5.60 Å². The molecule has 0 aromatic rings. The van der Waals surface area contributed by atoms with E-state index in [1.807, 2.05) is 13.8 Å². The molecule has 1 fully saturated rings. The van der Waals surface area contributed by atoms with Crippen LogP contribution in [0, 0.1) is 11.3 Å². The van der Waals surface area contributed by atoms with Gasteiger partial charge in [-0.15, -0.1) is 0 Å². The van der Waals surface area contributed by atoms with E-state index in [0.717, 1.165) is 32.1 Å². The molecule has 0 unspecified atom stereocenters. The molecule has 0 spiro atoms. The van der Waals surface area contributed by atoms with E-state index in [-0.39, 0.29) is 0 Å². The molecule has 0 aromatic heterocycles. The van der Waals surface area contributed by atoms with Crippen LogP contribution in [0.1, 0.15) is 53.4 Å². The van der Waals surface area contributed by atoms with Crippen molar-refractivity contribution in [2.75, 3.05) is 33.2 Å². The van der Waals surface area contributed by atoms with Gasteiger partial charge in [0.25, 0.3) is 0 Å². The maximum absolute atomic E-state index is 10.0. The first-order chi connectivity index (χ1) is 8.80. The van der Waals surface area contributed by atoms with Crippen LogP contribution in [0.15, 0.2) is 0 Å². The second kappa shape index (κ2) is 7.05. The zero-order chi connectivity index (χ0) is 14.5. The largest absolute Gasteiger partial charge is 0.389 e. The summed E-state index contributed by atoms with van der Waals surface area (Å²) in [5, 5.41) is 13.4. The Morgan fingerprint density at radius 2 is 1.89 bits per heavy atom. The van der Waals surface area contributed by atoms with Crippen LogP contribution in [0.2, 0.25) is 0 Å². The molecule has 2 N–H and O–H groups in total. The summed E-state index contributed by atoms with van der Waals surface area (Å²) in [7, 11) is 2.06. The maximum atomic E-state index is 10.0. The van der Waals surface area contributed by atoms with Crippen LogP contribution in [0.4, 0.5) is 0 Å². The lowest BCUT2D eigenvalue weighted by atomic mass is 9.70. The molecule has 3 heteroatoms. The van der Waals surface area contributed by atoms with E-state index in [0.29, 0.717) is 5.41 Å². The number of hydrogen-bond donors (Lipinski definition) is 2. The highest BCUT2D eigenvalue weighted by molar-refractivity contribution is 4.90. The minimum Gasteiger partial charge on any atom is -0.389 e. The van der Waals surface area contributed by atoms with Crippen molar-refractivity contribution in [2.45, 2.75) is 59.0 Å². The molecular formula is C16H34N2O. The minimum atomic E-state index is -0.598. The number of aliphatic hydroxyl groups is 1. The summed E-state index contributed by atoms with van der Waals surface area (Å²) in [5.41, 5.74) is -0.193. The molecule has 1 rings (SSSR count). The molecule has 0 aliphatic heterocycles. The Labute approximate surface area is 119 Å². The standard InChI is InChI=1S/C16H34N2O/c1-6-18(12-15(3,4)19)13-16(11-17-5)9-7-14(2)8-10-16/h14,17,19H,6-13H2,1-5H3. The van der Waals surface area contributed by atoms with Gasteiger partial charge in [0.05, 0.1) is 5.60 Å². The van der Waals surface area contributed by atoms with Gasteiger partial charge >= 0.3 is 0 Å². The van der Waals surface area contributed by atoms with Gasteiger partial charge in [0.2, 0.25) is 0 Å². The minimum absolute atomic E-state index is 0.405. The summed E-state index contributed by atoms with van der Waals surface area (Å²) in [6.07, 6.45) is 5.33. The molecule has 1 aliphatic carbocycles. The molecule has 1 saturated carbocycles. The molecule has 0 radical (unpaired) electrons. The lowest BCUT2D eigenvalue weighted by molar-refractivity contribution is 0.0118. The van der Waals surface area contributed by atoms with Gasteiger partial charge in [-0.1, -0.05) is 26.7 Å². The van der Waals surface area contributed by atoms with E-state index in [1.54, 1.807) is 0 Å². The Hall–Kier alpha value is -0.120. The summed E-state index contributed by atoms with van der Waals surface area (Å²) < 4.78 is 0. The quantitative estimate of drug-likeness (QED) is 0.746. The van der Waals surface area contributed by atoms with Gasteiger partial charge in [-0.2, -0.15) is 0 Å². The van der Waals surface area contributed by atoms with E-state index >= 15 is 0 Å². The fourth-order valence-electron chi connectivity index (χ4n) is 3.44. The van der Waals surface area contributed by atoms with Crippen LogP contribution >= 0.6 is 0 Å². The summed E-state index contributed by atoms with van der Waals surface area (Å²) in [5.74, 6) is 0.884.